The molecule has 3 aliphatic heterocycles. The molecule has 2 N–H and O–H groups in total. The molecule has 10 nitrogen and oxygen atoms in total. The Morgan fingerprint density at radius 3 is 2.08 bits per heavy atom. The quantitative estimate of drug-likeness (QED) is 0.176. The number of aliphatic hydroxyl groups excluding tert-OH is 2. The average Bonchev–Trinajstić information content (AvgIpc) is 3.53. The normalized spacial score (nSPS) is 34.9. The molecule has 12 heteroatoms. The summed E-state index contributed by atoms with van der Waals surface area (Å²) in [5.74, 6) is 0.760. The third-order valence-corrected chi connectivity index (χ3v) is 13.0. The molecule has 3 rings (SSSR count). The van der Waals surface area contributed by atoms with Gasteiger partial charge in [0.1, 0.15) is 18.3 Å². The molecule has 3 saturated heterocycles. The van der Waals surface area contributed by atoms with Gasteiger partial charge in [-0.1, -0.05) is 20.8 Å². The van der Waals surface area contributed by atoms with E-state index in [0.717, 1.165) is 12.8 Å². The second-order valence-corrected chi connectivity index (χ2v) is 16.8. The van der Waals surface area contributed by atoms with E-state index in [1.165, 1.54) is 0 Å². The fraction of sp³-hybridized carbons (Fsp3) is 1.00. The van der Waals surface area contributed by atoms with Crippen molar-refractivity contribution in [2.45, 2.75) is 58.3 Å². The summed E-state index contributed by atoms with van der Waals surface area (Å²) >= 11 is 0. The molecule has 0 aliphatic carbocycles. The SMILES string of the molecule is CCC(COCC(O)COP1(=O)CCC(C)C1)(COCC1CO1)COCC(CO)OP1(=O)CCC(C)C1. The molecular formula is C25H48O10P2. The first-order chi connectivity index (χ1) is 17.6. The highest BCUT2D eigenvalue weighted by molar-refractivity contribution is 7.59. The predicted octanol–water partition coefficient (Wildman–Crippen LogP) is 3.22. The predicted molar refractivity (Wildman–Crippen MR) is 141 cm³/mol. The number of ether oxygens (including phenoxy) is 4. The standard InChI is InChI=1S/C25H48O10P2/c1-4-25(19-32-13-24-14-33-24,17-30-10-22(27)11-34-36(28)7-5-20(2)15-36)18-31-12-23(9-26)35-37(29)8-6-21(3)16-37/h20-24,26-27H,4-19H2,1-3H3. The maximum absolute atomic E-state index is 12.9. The van der Waals surface area contributed by atoms with Gasteiger partial charge >= 0.3 is 0 Å². The fourth-order valence-corrected chi connectivity index (χ4v) is 10.7. The van der Waals surface area contributed by atoms with Crippen molar-refractivity contribution < 1.29 is 47.3 Å². The van der Waals surface area contributed by atoms with E-state index in [9.17, 15) is 19.3 Å². The van der Waals surface area contributed by atoms with Crippen LogP contribution < -0.4 is 0 Å². The van der Waals surface area contributed by atoms with Gasteiger partial charge in [0, 0.05) is 30.1 Å². The summed E-state index contributed by atoms with van der Waals surface area (Å²) in [5.41, 5.74) is -0.491. The Labute approximate surface area is 222 Å². The van der Waals surface area contributed by atoms with Crippen molar-refractivity contribution >= 4 is 14.7 Å². The number of aliphatic hydroxyl groups is 2. The van der Waals surface area contributed by atoms with E-state index in [-0.39, 0.29) is 45.7 Å². The van der Waals surface area contributed by atoms with Crippen molar-refractivity contribution in [3.8, 4) is 0 Å². The molecule has 0 spiro atoms. The molecule has 0 amide bonds. The van der Waals surface area contributed by atoms with Crippen LogP contribution in [0.15, 0.2) is 0 Å². The highest BCUT2D eigenvalue weighted by atomic mass is 31.2. The van der Waals surface area contributed by atoms with Gasteiger partial charge in [-0.25, -0.2) is 0 Å². The van der Waals surface area contributed by atoms with Crippen LogP contribution in [0.2, 0.25) is 0 Å². The first-order valence-electron chi connectivity index (χ1n) is 13.7. The van der Waals surface area contributed by atoms with Crippen molar-refractivity contribution in [1.29, 1.82) is 0 Å². The van der Waals surface area contributed by atoms with Gasteiger partial charge in [0.15, 0.2) is 0 Å². The van der Waals surface area contributed by atoms with E-state index in [1.54, 1.807) is 0 Å². The Kier molecular flexibility index (Phi) is 12.6. The molecule has 3 fully saturated rings. The second-order valence-electron chi connectivity index (χ2n) is 11.4. The van der Waals surface area contributed by atoms with Crippen LogP contribution in [0.4, 0.5) is 0 Å². The highest BCUT2D eigenvalue weighted by Gasteiger charge is 2.37. The van der Waals surface area contributed by atoms with E-state index in [1.807, 2.05) is 6.92 Å². The van der Waals surface area contributed by atoms with Crippen molar-refractivity contribution in [2.24, 2.45) is 17.3 Å². The number of hydrogen-bond acceptors (Lipinski definition) is 10. The molecule has 3 aliphatic rings. The van der Waals surface area contributed by atoms with Gasteiger partial charge in [-0.3, -0.25) is 9.13 Å². The number of rotatable bonds is 19. The van der Waals surface area contributed by atoms with E-state index >= 15 is 0 Å². The molecule has 0 radical (unpaired) electrons. The van der Waals surface area contributed by atoms with Crippen LogP contribution in [0.3, 0.4) is 0 Å². The summed E-state index contributed by atoms with van der Waals surface area (Å²) in [5, 5.41) is 20.1. The van der Waals surface area contributed by atoms with Crippen LogP contribution in [-0.2, 0) is 37.1 Å². The molecule has 0 bridgehead atoms. The van der Waals surface area contributed by atoms with Gasteiger partial charge in [-0.2, -0.15) is 0 Å². The lowest BCUT2D eigenvalue weighted by molar-refractivity contribution is -0.0962. The lowest BCUT2D eigenvalue weighted by Gasteiger charge is -2.33. The Morgan fingerprint density at radius 1 is 0.946 bits per heavy atom. The van der Waals surface area contributed by atoms with Crippen LogP contribution in [0.5, 0.6) is 0 Å². The smallest absolute Gasteiger partial charge is 0.203 e. The van der Waals surface area contributed by atoms with E-state index in [0.29, 0.717) is 62.7 Å². The van der Waals surface area contributed by atoms with Gasteiger partial charge in [0.25, 0.3) is 0 Å². The summed E-state index contributed by atoms with van der Waals surface area (Å²) in [6.07, 6.45) is 3.33. The summed E-state index contributed by atoms with van der Waals surface area (Å²) in [4.78, 5) is 0. The fourth-order valence-electron chi connectivity index (χ4n) is 4.84. The zero-order valence-electron chi connectivity index (χ0n) is 22.8. The van der Waals surface area contributed by atoms with Crippen LogP contribution in [-0.4, -0.2) is 113 Å². The maximum Gasteiger partial charge on any atom is 0.203 e. The number of epoxide rings is 1. The second kappa shape index (κ2) is 14.7. The first-order valence-corrected chi connectivity index (χ1v) is 17.7. The Balaban J connectivity index is 1.45. The molecule has 0 aromatic heterocycles. The van der Waals surface area contributed by atoms with E-state index in [2.05, 4.69) is 13.8 Å². The van der Waals surface area contributed by atoms with Gasteiger partial charge in [-0.15, -0.1) is 0 Å². The summed E-state index contributed by atoms with van der Waals surface area (Å²) in [6.45, 7) is 8.19. The minimum atomic E-state index is -2.72. The van der Waals surface area contributed by atoms with E-state index in [4.69, 9.17) is 28.0 Å². The zero-order valence-corrected chi connectivity index (χ0v) is 24.5. The Hall–Kier alpha value is 0.140. The first kappa shape index (κ1) is 31.7. The molecular weight excluding hydrogens is 522 g/mol. The van der Waals surface area contributed by atoms with E-state index < -0.39 is 32.4 Å². The lowest BCUT2D eigenvalue weighted by Crippen LogP contribution is -2.39. The third-order valence-electron chi connectivity index (χ3n) is 7.45. The summed E-state index contributed by atoms with van der Waals surface area (Å²) in [6, 6.07) is 0. The third kappa shape index (κ3) is 10.9. The Morgan fingerprint density at radius 2 is 1.54 bits per heavy atom. The van der Waals surface area contributed by atoms with Gasteiger partial charge in [0.2, 0.25) is 14.7 Å². The minimum Gasteiger partial charge on any atom is -0.394 e. The van der Waals surface area contributed by atoms with Crippen LogP contribution in [0.1, 0.15) is 40.0 Å². The summed E-state index contributed by atoms with van der Waals surface area (Å²) < 4.78 is 60.0. The largest absolute Gasteiger partial charge is 0.394 e. The topological polar surface area (TPSA) is 133 Å². The number of hydrogen-bond donors (Lipinski definition) is 2. The lowest BCUT2D eigenvalue weighted by atomic mass is 9.88. The zero-order chi connectivity index (χ0) is 26.9. The van der Waals surface area contributed by atoms with Crippen molar-refractivity contribution in [1.82, 2.24) is 0 Å². The summed E-state index contributed by atoms with van der Waals surface area (Å²) in [7, 11) is -5.36. The molecule has 3 heterocycles. The minimum absolute atomic E-state index is 0.0106. The molecule has 8 atom stereocenters. The highest BCUT2D eigenvalue weighted by Crippen LogP contribution is 2.56. The van der Waals surface area contributed by atoms with Gasteiger partial charge in [-0.05, 0) is 31.1 Å². The molecule has 218 valence electrons. The van der Waals surface area contributed by atoms with Crippen LogP contribution in [0, 0.1) is 17.3 Å². The molecule has 0 aromatic rings. The molecule has 8 unspecified atom stereocenters. The van der Waals surface area contributed by atoms with Crippen LogP contribution in [0.25, 0.3) is 0 Å². The monoisotopic (exact) mass is 570 g/mol. The van der Waals surface area contributed by atoms with Crippen molar-refractivity contribution in [3.63, 3.8) is 0 Å². The Bertz CT molecular complexity index is 779. The maximum atomic E-state index is 12.9. The average molecular weight is 571 g/mol. The molecule has 37 heavy (non-hydrogen) atoms. The van der Waals surface area contributed by atoms with Crippen molar-refractivity contribution in [3.05, 3.63) is 0 Å². The van der Waals surface area contributed by atoms with Crippen LogP contribution >= 0.6 is 14.7 Å². The van der Waals surface area contributed by atoms with Crippen molar-refractivity contribution in [2.75, 3.05) is 84.1 Å². The van der Waals surface area contributed by atoms with Gasteiger partial charge < -0.3 is 38.2 Å². The van der Waals surface area contributed by atoms with Gasteiger partial charge in [0.05, 0.1) is 59.5 Å². The molecule has 0 saturated carbocycles. The molecule has 0 aromatic carbocycles.